The van der Waals surface area contributed by atoms with E-state index in [1.54, 1.807) is 0 Å². The number of aliphatic hydroxyl groups is 2. The number of rotatable bonds is 2. The summed E-state index contributed by atoms with van der Waals surface area (Å²) < 4.78 is 25.5. The summed E-state index contributed by atoms with van der Waals surface area (Å²) in [4.78, 5) is 0. The van der Waals surface area contributed by atoms with Gasteiger partial charge in [0.15, 0.2) is 0 Å². The average Bonchev–Trinajstić information content (AvgIpc) is 2.61. The quantitative estimate of drug-likeness (QED) is 0.533. The zero-order valence-electron chi connectivity index (χ0n) is 9.04. The molecule has 0 bridgehead atoms. The fourth-order valence-electron chi connectivity index (χ4n) is 2.23. The summed E-state index contributed by atoms with van der Waals surface area (Å²) in [5.41, 5.74) is 0. The van der Waals surface area contributed by atoms with Gasteiger partial charge < -0.3 is 15.5 Å². The fourth-order valence-corrected chi connectivity index (χ4v) is 4.16. The molecule has 0 aromatic rings. The molecular formula is C9H18N2O4S. The van der Waals surface area contributed by atoms with Crippen LogP contribution in [0, 0.1) is 0 Å². The van der Waals surface area contributed by atoms with Crippen LogP contribution in [-0.2, 0) is 10.0 Å². The lowest BCUT2D eigenvalue weighted by Crippen LogP contribution is -2.45. The first-order chi connectivity index (χ1) is 7.51. The van der Waals surface area contributed by atoms with Crippen molar-refractivity contribution in [2.45, 2.75) is 30.3 Å². The number of aliphatic hydroxyl groups excluding tert-OH is 2. The van der Waals surface area contributed by atoms with E-state index in [1.807, 2.05) is 0 Å². The number of nitrogens with zero attached hydrogens (tertiary/aromatic N) is 1. The van der Waals surface area contributed by atoms with Gasteiger partial charge in [-0.1, -0.05) is 0 Å². The highest BCUT2D eigenvalue weighted by atomic mass is 32.2. The monoisotopic (exact) mass is 250 g/mol. The molecule has 0 spiro atoms. The van der Waals surface area contributed by atoms with Crippen molar-refractivity contribution in [2.24, 2.45) is 0 Å². The molecule has 2 heterocycles. The normalized spacial score (nSPS) is 37.8. The van der Waals surface area contributed by atoms with Crippen LogP contribution in [0.2, 0.25) is 0 Å². The Bertz CT molecular complexity index is 329. The van der Waals surface area contributed by atoms with E-state index in [0.717, 1.165) is 13.0 Å². The predicted octanol–water partition coefficient (Wildman–Crippen LogP) is -1.89. The van der Waals surface area contributed by atoms with Crippen LogP contribution in [-0.4, -0.2) is 66.6 Å². The molecule has 2 aliphatic rings. The van der Waals surface area contributed by atoms with Gasteiger partial charge in [-0.05, 0) is 19.4 Å². The summed E-state index contributed by atoms with van der Waals surface area (Å²) >= 11 is 0. The summed E-state index contributed by atoms with van der Waals surface area (Å²) in [6.07, 6.45) is -0.404. The minimum atomic E-state index is -3.38. The summed E-state index contributed by atoms with van der Waals surface area (Å²) in [6.45, 7) is 1.35. The third-order valence-electron chi connectivity index (χ3n) is 3.26. The van der Waals surface area contributed by atoms with Crippen LogP contribution < -0.4 is 5.32 Å². The third kappa shape index (κ3) is 2.23. The maximum atomic E-state index is 12.1. The van der Waals surface area contributed by atoms with E-state index in [-0.39, 0.29) is 13.1 Å². The molecule has 16 heavy (non-hydrogen) atoms. The summed E-state index contributed by atoms with van der Waals surface area (Å²) in [7, 11) is -3.38. The van der Waals surface area contributed by atoms with Crippen LogP contribution in [0.25, 0.3) is 0 Å². The number of nitrogens with one attached hydrogen (secondary N) is 1. The SMILES string of the molecule is O=S(=O)(C1CCCNC1)N1CC(O)C(O)C1. The Balaban J connectivity index is 2.07. The number of sulfonamides is 1. The Morgan fingerprint density at radius 3 is 2.31 bits per heavy atom. The minimum Gasteiger partial charge on any atom is -0.389 e. The largest absolute Gasteiger partial charge is 0.389 e. The Kier molecular flexibility index (Phi) is 3.50. The van der Waals surface area contributed by atoms with Crippen molar-refractivity contribution in [3.63, 3.8) is 0 Å². The topological polar surface area (TPSA) is 89.9 Å². The maximum Gasteiger partial charge on any atom is 0.218 e. The molecule has 0 saturated carbocycles. The van der Waals surface area contributed by atoms with E-state index < -0.39 is 27.5 Å². The smallest absolute Gasteiger partial charge is 0.218 e. The molecule has 94 valence electrons. The standard InChI is InChI=1S/C9H18N2O4S/c12-8-5-11(6-9(8)13)16(14,15)7-2-1-3-10-4-7/h7-10,12-13H,1-6H2. The van der Waals surface area contributed by atoms with Crippen LogP contribution in [0.3, 0.4) is 0 Å². The molecule has 2 saturated heterocycles. The third-order valence-corrected chi connectivity index (χ3v) is 5.52. The Morgan fingerprint density at radius 2 is 1.81 bits per heavy atom. The van der Waals surface area contributed by atoms with E-state index in [1.165, 1.54) is 4.31 Å². The molecular weight excluding hydrogens is 232 g/mol. The molecule has 2 aliphatic heterocycles. The van der Waals surface area contributed by atoms with Crippen LogP contribution in [0.4, 0.5) is 0 Å². The van der Waals surface area contributed by atoms with Crippen molar-refractivity contribution >= 4 is 10.0 Å². The molecule has 2 rings (SSSR count). The van der Waals surface area contributed by atoms with Gasteiger partial charge in [-0.2, -0.15) is 4.31 Å². The second kappa shape index (κ2) is 4.58. The van der Waals surface area contributed by atoms with Gasteiger partial charge in [-0.25, -0.2) is 8.42 Å². The Hall–Kier alpha value is -0.210. The van der Waals surface area contributed by atoms with Gasteiger partial charge in [-0.15, -0.1) is 0 Å². The van der Waals surface area contributed by atoms with Gasteiger partial charge in [0.05, 0.1) is 17.5 Å². The first-order valence-electron chi connectivity index (χ1n) is 5.57. The lowest BCUT2D eigenvalue weighted by atomic mass is 10.2. The number of hydrogen-bond acceptors (Lipinski definition) is 5. The highest BCUT2D eigenvalue weighted by Gasteiger charge is 2.40. The molecule has 0 radical (unpaired) electrons. The van der Waals surface area contributed by atoms with E-state index in [0.29, 0.717) is 13.0 Å². The summed E-state index contributed by atoms with van der Waals surface area (Å²) in [5.74, 6) is 0. The maximum absolute atomic E-state index is 12.1. The van der Waals surface area contributed by atoms with Crippen LogP contribution in [0.15, 0.2) is 0 Å². The fraction of sp³-hybridized carbons (Fsp3) is 1.00. The Morgan fingerprint density at radius 1 is 1.19 bits per heavy atom. The lowest BCUT2D eigenvalue weighted by Gasteiger charge is -2.27. The molecule has 0 aromatic carbocycles. The minimum absolute atomic E-state index is 0.0139. The zero-order chi connectivity index (χ0) is 11.8. The zero-order valence-corrected chi connectivity index (χ0v) is 9.86. The molecule has 0 aromatic heterocycles. The van der Waals surface area contributed by atoms with Crippen molar-refractivity contribution in [1.82, 2.24) is 9.62 Å². The van der Waals surface area contributed by atoms with Gasteiger partial charge in [0.25, 0.3) is 0 Å². The summed E-state index contributed by atoms with van der Waals surface area (Å²) in [5, 5.41) is 21.4. The van der Waals surface area contributed by atoms with Gasteiger partial charge in [0.1, 0.15) is 0 Å². The van der Waals surface area contributed by atoms with Gasteiger partial charge in [-0.3, -0.25) is 0 Å². The van der Waals surface area contributed by atoms with E-state index in [4.69, 9.17) is 0 Å². The molecule has 3 unspecified atom stereocenters. The van der Waals surface area contributed by atoms with Crippen LogP contribution in [0.1, 0.15) is 12.8 Å². The average molecular weight is 250 g/mol. The van der Waals surface area contributed by atoms with Crippen LogP contribution >= 0.6 is 0 Å². The van der Waals surface area contributed by atoms with E-state index in [2.05, 4.69) is 5.32 Å². The van der Waals surface area contributed by atoms with E-state index >= 15 is 0 Å². The molecule has 3 N–H and O–H groups in total. The highest BCUT2D eigenvalue weighted by Crippen LogP contribution is 2.21. The number of piperidine rings is 1. The first kappa shape index (κ1) is 12.3. The second-order valence-corrected chi connectivity index (χ2v) is 6.68. The molecule has 0 aliphatic carbocycles. The van der Waals surface area contributed by atoms with Gasteiger partial charge in [0.2, 0.25) is 10.0 Å². The number of β-amino-alcohol motifs (C(OH)–C–C–N with tert-alkyl or cyclic N) is 2. The highest BCUT2D eigenvalue weighted by molar-refractivity contribution is 7.89. The molecule has 3 atom stereocenters. The van der Waals surface area contributed by atoms with Crippen molar-refractivity contribution in [2.75, 3.05) is 26.2 Å². The van der Waals surface area contributed by atoms with Crippen molar-refractivity contribution < 1.29 is 18.6 Å². The first-order valence-corrected chi connectivity index (χ1v) is 7.08. The molecule has 6 nitrogen and oxygen atoms in total. The van der Waals surface area contributed by atoms with E-state index in [9.17, 15) is 18.6 Å². The molecule has 0 amide bonds. The number of hydrogen-bond donors (Lipinski definition) is 3. The predicted molar refractivity (Wildman–Crippen MR) is 58.4 cm³/mol. The van der Waals surface area contributed by atoms with Crippen LogP contribution in [0.5, 0.6) is 0 Å². The summed E-state index contributed by atoms with van der Waals surface area (Å²) in [6, 6.07) is 0. The second-order valence-electron chi connectivity index (χ2n) is 4.46. The lowest BCUT2D eigenvalue weighted by molar-refractivity contribution is 0.0572. The molecule has 7 heteroatoms. The van der Waals surface area contributed by atoms with Gasteiger partial charge >= 0.3 is 0 Å². The molecule has 2 fully saturated rings. The Labute approximate surface area is 95.3 Å². The van der Waals surface area contributed by atoms with Crippen molar-refractivity contribution in [3.05, 3.63) is 0 Å². The van der Waals surface area contributed by atoms with Crippen molar-refractivity contribution in [1.29, 1.82) is 0 Å². The van der Waals surface area contributed by atoms with Crippen molar-refractivity contribution in [3.8, 4) is 0 Å². The van der Waals surface area contributed by atoms with Gasteiger partial charge in [0, 0.05) is 19.6 Å².